The van der Waals surface area contributed by atoms with E-state index < -0.39 is 5.91 Å². The van der Waals surface area contributed by atoms with E-state index in [9.17, 15) is 9.90 Å². The second-order valence-corrected chi connectivity index (χ2v) is 5.39. The fourth-order valence-corrected chi connectivity index (χ4v) is 2.24. The molecule has 2 aromatic carbocycles. The fourth-order valence-electron chi connectivity index (χ4n) is 1.74. The highest BCUT2D eigenvalue weighted by molar-refractivity contribution is 14.1. The molecule has 0 radical (unpaired) electrons. The summed E-state index contributed by atoms with van der Waals surface area (Å²) in [5, 5.41) is 21.3. The van der Waals surface area contributed by atoms with Gasteiger partial charge in [-0.2, -0.15) is 5.26 Å². The van der Waals surface area contributed by atoms with Crippen molar-refractivity contribution in [2.45, 2.75) is 0 Å². The number of hydrogen-bond donors (Lipinski definition) is 2. The Morgan fingerprint density at radius 1 is 1.33 bits per heavy atom. The second-order valence-electron chi connectivity index (χ2n) is 4.14. The number of benzene rings is 2. The van der Waals surface area contributed by atoms with Crippen molar-refractivity contribution >= 4 is 34.2 Å². The van der Waals surface area contributed by atoms with Gasteiger partial charge in [0, 0.05) is 9.64 Å². The van der Waals surface area contributed by atoms with Crippen molar-refractivity contribution in [2.24, 2.45) is 0 Å². The number of phenols is 1. The highest BCUT2D eigenvalue weighted by Gasteiger charge is 2.14. The lowest BCUT2D eigenvalue weighted by Crippen LogP contribution is -2.13. The highest BCUT2D eigenvalue weighted by Crippen LogP contribution is 2.27. The first-order valence-electron chi connectivity index (χ1n) is 5.93. The van der Waals surface area contributed by atoms with Gasteiger partial charge in [0.05, 0.1) is 30.0 Å². The molecule has 0 aliphatic heterocycles. The molecule has 0 bridgehead atoms. The van der Waals surface area contributed by atoms with E-state index in [0.29, 0.717) is 17.0 Å². The lowest BCUT2D eigenvalue weighted by Gasteiger charge is -2.11. The van der Waals surface area contributed by atoms with Gasteiger partial charge in [0.25, 0.3) is 5.91 Å². The zero-order chi connectivity index (χ0) is 15.4. The van der Waals surface area contributed by atoms with Crippen LogP contribution in [0.1, 0.15) is 15.9 Å². The predicted octanol–water partition coefficient (Wildman–Crippen LogP) is 3.13. The number of methoxy groups -OCH3 is 1. The average Bonchev–Trinajstić information content (AvgIpc) is 2.49. The molecule has 0 aromatic heterocycles. The Bertz CT molecular complexity index is 738. The Morgan fingerprint density at radius 3 is 2.76 bits per heavy atom. The minimum Gasteiger partial charge on any atom is -0.507 e. The third-order valence-corrected chi connectivity index (χ3v) is 3.45. The van der Waals surface area contributed by atoms with E-state index in [-0.39, 0.29) is 11.3 Å². The number of carbonyl (C=O) groups excluding carboxylic acids is 1. The molecule has 21 heavy (non-hydrogen) atoms. The molecule has 5 nitrogen and oxygen atoms in total. The third-order valence-electron chi connectivity index (χ3n) is 2.78. The van der Waals surface area contributed by atoms with Crippen LogP contribution in [-0.2, 0) is 0 Å². The summed E-state index contributed by atoms with van der Waals surface area (Å²) < 4.78 is 5.98. The molecular weight excluding hydrogens is 383 g/mol. The largest absolute Gasteiger partial charge is 0.507 e. The summed E-state index contributed by atoms with van der Waals surface area (Å²) in [6.45, 7) is 0. The molecule has 2 N–H and O–H groups in total. The fraction of sp³-hybridized carbons (Fsp3) is 0.0667. The Hall–Kier alpha value is -2.27. The number of carbonyl (C=O) groups is 1. The van der Waals surface area contributed by atoms with Gasteiger partial charge in [0.1, 0.15) is 11.5 Å². The quantitative estimate of drug-likeness (QED) is 0.784. The number of amides is 1. The van der Waals surface area contributed by atoms with Crippen LogP contribution in [0.2, 0.25) is 0 Å². The molecule has 0 aliphatic rings. The standard InChI is InChI=1S/C15H11IN2O3/c1-21-14-6-9(8-17)2-4-12(14)18-15(20)11-7-10(16)3-5-13(11)19/h2-7,19H,1H3,(H,18,20). The van der Waals surface area contributed by atoms with Crippen molar-refractivity contribution in [3.05, 3.63) is 51.1 Å². The Balaban J connectivity index is 2.32. The molecule has 106 valence electrons. The topological polar surface area (TPSA) is 82.3 Å². The summed E-state index contributed by atoms with van der Waals surface area (Å²) >= 11 is 2.06. The summed E-state index contributed by atoms with van der Waals surface area (Å²) in [6.07, 6.45) is 0. The minimum absolute atomic E-state index is 0.0967. The number of nitrogens with one attached hydrogen (secondary N) is 1. The number of ether oxygens (including phenoxy) is 1. The lowest BCUT2D eigenvalue weighted by molar-refractivity contribution is 0.102. The van der Waals surface area contributed by atoms with E-state index in [0.717, 1.165) is 3.57 Å². The maximum Gasteiger partial charge on any atom is 0.259 e. The van der Waals surface area contributed by atoms with Gasteiger partial charge in [-0.05, 0) is 52.9 Å². The molecule has 0 saturated heterocycles. The molecule has 2 aromatic rings. The zero-order valence-electron chi connectivity index (χ0n) is 11.1. The zero-order valence-corrected chi connectivity index (χ0v) is 13.2. The summed E-state index contributed by atoms with van der Waals surface area (Å²) in [4.78, 5) is 12.2. The Morgan fingerprint density at radius 2 is 2.10 bits per heavy atom. The van der Waals surface area contributed by atoms with Crippen molar-refractivity contribution in [1.29, 1.82) is 5.26 Å². The highest BCUT2D eigenvalue weighted by atomic mass is 127. The SMILES string of the molecule is COc1cc(C#N)ccc1NC(=O)c1cc(I)ccc1O. The van der Waals surface area contributed by atoms with Gasteiger partial charge >= 0.3 is 0 Å². The van der Waals surface area contributed by atoms with E-state index in [4.69, 9.17) is 10.00 Å². The van der Waals surface area contributed by atoms with Crippen molar-refractivity contribution < 1.29 is 14.6 Å². The lowest BCUT2D eigenvalue weighted by atomic mass is 10.1. The molecule has 0 saturated carbocycles. The number of anilines is 1. The number of nitriles is 1. The van der Waals surface area contributed by atoms with Crippen LogP contribution in [0.4, 0.5) is 5.69 Å². The van der Waals surface area contributed by atoms with Crippen molar-refractivity contribution in [3.8, 4) is 17.6 Å². The number of rotatable bonds is 3. The first kappa shape index (κ1) is 15.1. The van der Waals surface area contributed by atoms with Gasteiger partial charge in [0.2, 0.25) is 0 Å². The molecular formula is C15H11IN2O3. The Labute approximate surface area is 135 Å². The smallest absolute Gasteiger partial charge is 0.259 e. The van der Waals surface area contributed by atoms with Gasteiger partial charge in [0.15, 0.2) is 0 Å². The first-order chi connectivity index (χ1) is 10.0. The van der Waals surface area contributed by atoms with Gasteiger partial charge in [-0.15, -0.1) is 0 Å². The molecule has 0 spiro atoms. The number of nitrogens with zero attached hydrogens (tertiary/aromatic N) is 1. The van der Waals surface area contributed by atoms with Crippen LogP contribution >= 0.6 is 22.6 Å². The number of halogens is 1. The van der Waals surface area contributed by atoms with E-state index >= 15 is 0 Å². The minimum atomic E-state index is -0.450. The normalized spacial score (nSPS) is 9.76. The molecule has 0 unspecified atom stereocenters. The van der Waals surface area contributed by atoms with Crippen molar-refractivity contribution in [3.63, 3.8) is 0 Å². The molecule has 0 heterocycles. The second kappa shape index (κ2) is 6.45. The molecule has 0 aliphatic carbocycles. The molecule has 0 atom stereocenters. The summed E-state index contributed by atoms with van der Waals surface area (Å²) in [6, 6.07) is 11.4. The van der Waals surface area contributed by atoms with Crippen LogP contribution in [0.15, 0.2) is 36.4 Å². The number of hydrogen-bond acceptors (Lipinski definition) is 4. The summed E-state index contributed by atoms with van der Waals surface area (Å²) in [7, 11) is 1.45. The van der Waals surface area contributed by atoms with Gasteiger partial charge < -0.3 is 15.2 Å². The van der Waals surface area contributed by atoms with Gasteiger partial charge in [-0.1, -0.05) is 0 Å². The monoisotopic (exact) mass is 394 g/mol. The van der Waals surface area contributed by atoms with Crippen molar-refractivity contribution in [2.75, 3.05) is 12.4 Å². The van der Waals surface area contributed by atoms with Crippen LogP contribution in [0, 0.1) is 14.9 Å². The van der Waals surface area contributed by atoms with E-state index in [1.54, 1.807) is 24.3 Å². The average molecular weight is 394 g/mol. The van der Waals surface area contributed by atoms with Gasteiger partial charge in [-0.3, -0.25) is 4.79 Å². The van der Waals surface area contributed by atoms with Crippen LogP contribution in [-0.4, -0.2) is 18.1 Å². The first-order valence-corrected chi connectivity index (χ1v) is 7.01. The summed E-state index contributed by atoms with van der Waals surface area (Å²) in [5.74, 6) is -0.165. The molecule has 0 fully saturated rings. The number of phenolic OH excluding ortho intramolecular Hbond substituents is 1. The maximum absolute atomic E-state index is 12.2. The maximum atomic E-state index is 12.2. The molecule has 1 amide bonds. The van der Waals surface area contributed by atoms with E-state index in [2.05, 4.69) is 27.9 Å². The molecule has 2 rings (SSSR count). The van der Waals surface area contributed by atoms with Crippen LogP contribution in [0.25, 0.3) is 0 Å². The number of aromatic hydroxyl groups is 1. The predicted molar refractivity (Wildman–Crippen MR) is 86.5 cm³/mol. The van der Waals surface area contributed by atoms with E-state index in [1.165, 1.54) is 19.2 Å². The van der Waals surface area contributed by atoms with Crippen LogP contribution < -0.4 is 10.1 Å². The molecule has 6 heteroatoms. The summed E-state index contributed by atoms with van der Waals surface area (Å²) in [5.41, 5.74) is 1.04. The van der Waals surface area contributed by atoms with Crippen LogP contribution in [0.3, 0.4) is 0 Å². The Kier molecular flexibility index (Phi) is 4.65. The van der Waals surface area contributed by atoms with E-state index in [1.807, 2.05) is 6.07 Å². The van der Waals surface area contributed by atoms with Gasteiger partial charge in [-0.25, -0.2) is 0 Å². The van der Waals surface area contributed by atoms with Crippen molar-refractivity contribution in [1.82, 2.24) is 0 Å². The van der Waals surface area contributed by atoms with Crippen LogP contribution in [0.5, 0.6) is 11.5 Å². The third kappa shape index (κ3) is 3.44.